The molecular weight excluding hydrogens is 218 g/mol. The van der Waals surface area contributed by atoms with E-state index in [4.69, 9.17) is 9.47 Å². The van der Waals surface area contributed by atoms with E-state index >= 15 is 0 Å². The van der Waals surface area contributed by atoms with E-state index in [2.05, 4.69) is 11.8 Å². The number of methoxy groups -OCH3 is 1. The van der Waals surface area contributed by atoms with Crippen molar-refractivity contribution in [2.75, 3.05) is 31.7 Å². The molecule has 1 aliphatic rings. The fourth-order valence-corrected chi connectivity index (χ4v) is 2.00. The van der Waals surface area contributed by atoms with Gasteiger partial charge in [0.1, 0.15) is 0 Å². The van der Waals surface area contributed by atoms with Crippen LogP contribution in [0.25, 0.3) is 0 Å². The molecule has 1 unspecified atom stereocenters. The van der Waals surface area contributed by atoms with Gasteiger partial charge in [0.15, 0.2) is 0 Å². The van der Waals surface area contributed by atoms with Crippen LogP contribution < -0.4 is 4.90 Å². The van der Waals surface area contributed by atoms with Crippen LogP contribution in [0.5, 0.6) is 0 Å². The molecule has 0 radical (unpaired) electrons. The zero-order valence-corrected chi connectivity index (χ0v) is 10.2. The third kappa shape index (κ3) is 2.77. The molecule has 0 amide bonds. The van der Waals surface area contributed by atoms with Crippen molar-refractivity contribution in [1.29, 1.82) is 0 Å². The third-order valence-corrected chi connectivity index (χ3v) is 2.87. The Morgan fingerprint density at radius 2 is 2.35 bits per heavy atom. The second-order valence-corrected chi connectivity index (χ2v) is 4.17. The van der Waals surface area contributed by atoms with E-state index in [9.17, 15) is 4.79 Å². The Bertz CT molecular complexity index is 405. The van der Waals surface area contributed by atoms with Crippen LogP contribution in [-0.4, -0.2) is 38.9 Å². The third-order valence-electron chi connectivity index (χ3n) is 2.87. The van der Waals surface area contributed by atoms with Gasteiger partial charge in [-0.05, 0) is 25.1 Å². The Labute approximate surface area is 101 Å². The topological polar surface area (TPSA) is 38.8 Å². The molecule has 4 nitrogen and oxygen atoms in total. The van der Waals surface area contributed by atoms with Crippen LogP contribution in [0.1, 0.15) is 17.3 Å². The lowest BCUT2D eigenvalue weighted by Gasteiger charge is -2.33. The summed E-state index contributed by atoms with van der Waals surface area (Å²) in [5.74, 6) is -0.298. The van der Waals surface area contributed by atoms with Crippen LogP contribution in [0.4, 0.5) is 5.69 Å². The SMILES string of the molecule is COC(=O)c1cccc(N2CCOC(C)C2)c1. The molecule has 1 aromatic rings. The number of ether oxygens (including phenoxy) is 2. The lowest BCUT2D eigenvalue weighted by molar-refractivity contribution is 0.0532. The highest BCUT2D eigenvalue weighted by molar-refractivity contribution is 5.90. The maximum atomic E-state index is 11.4. The molecule has 17 heavy (non-hydrogen) atoms. The van der Waals surface area contributed by atoms with Gasteiger partial charge in [0.05, 0.1) is 25.4 Å². The average molecular weight is 235 g/mol. The van der Waals surface area contributed by atoms with Gasteiger partial charge in [0.25, 0.3) is 0 Å². The van der Waals surface area contributed by atoms with Crippen molar-refractivity contribution < 1.29 is 14.3 Å². The molecule has 4 heteroatoms. The Kier molecular flexibility index (Phi) is 3.64. The Hall–Kier alpha value is -1.55. The van der Waals surface area contributed by atoms with E-state index in [0.717, 1.165) is 25.4 Å². The molecule has 0 saturated carbocycles. The van der Waals surface area contributed by atoms with Gasteiger partial charge < -0.3 is 14.4 Å². The fraction of sp³-hybridized carbons (Fsp3) is 0.462. The van der Waals surface area contributed by atoms with Gasteiger partial charge in [-0.3, -0.25) is 0 Å². The number of esters is 1. The Morgan fingerprint density at radius 1 is 1.53 bits per heavy atom. The van der Waals surface area contributed by atoms with E-state index in [0.29, 0.717) is 5.56 Å². The van der Waals surface area contributed by atoms with E-state index in [-0.39, 0.29) is 12.1 Å². The van der Waals surface area contributed by atoms with Crippen LogP contribution in [0.15, 0.2) is 24.3 Å². The van der Waals surface area contributed by atoms with Gasteiger partial charge in [-0.25, -0.2) is 4.79 Å². The minimum atomic E-state index is -0.298. The van der Waals surface area contributed by atoms with Crippen molar-refractivity contribution in [3.63, 3.8) is 0 Å². The summed E-state index contributed by atoms with van der Waals surface area (Å²) in [5.41, 5.74) is 1.63. The lowest BCUT2D eigenvalue weighted by Crippen LogP contribution is -2.41. The summed E-state index contributed by atoms with van der Waals surface area (Å²) in [6, 6.07) is 7.51. The van der Waals surface area contributed by atoms with Crippen LogP contribution in [-0.2, 0) is 9.47 Å². The normalized spacial score (nSPS) is 20.1. The number of nitrogens with zero attached hydrogens (tertiary/aromatic N) is 1. The molecule has 0 bridgehead atoms. The number of anilines is 1. The Morgan fingerprint density at radius 3 is 3.06 bits per heavy atom. The van der Waals surface area contributed by atoms with Crippen molar-refractivity contribution in [1.82, 2.24) is 0 Å². The molecule has 2 rings (SSSR count). The minimum Gasteiger partial charge on any atom is -0.465 e. The highest BCUT2D eigenvalue weighted by Crippen LogP contribution is 2.19. The molecule has 1 atom stereocenters. The van der Waals surface area contributed by atoms with E-state index in [1.54, 1.807) is 6.07 Å². The largest absolute Gasteiger partial charge is 0.465 e. The number of hydrogen-bond acceptors (Lipinski definition) is 4. The number of carbonyl (C=O) groups is 1. The summed E-state index contributed by atoms with van der Waals surface area (Å²) in [6.07, 6.45) is 0.227. The first kappa shape index (κ1) is 11.9. The van der Waals surface area contributed by atoms with Crippen molar-refractivity contribution in [3.05, 3.63) is 29.8 Å². The summed E-state index contributed by atoms with van der Waals surface area (Å²) in [5, 5.41) is 0. The highest BCUT2D eigenvalue weighted by atomic mass is 16.5. The minimum absolute atomic E-state index is 0.227. The molecule has 1 heterocycles. The summed E-state index contributed by atoms with van der Waals surface area (Å²) in [4.78, 5) is 13.7. The van der Waals surface area contributed by atoms with E-state index < -0.39 is 0 Å². The van der Waals surface area contributed by atoms with Gasteiger partial charge in [0, 0.05) is 18.8 Å². The van der Waals surface area contributed by atoms with Gasteiger partial charge >= 0.3 is 5.97 Å². The summed E-state index contributed by atoms with van der Waals surface area (Å²) >= 11 is 0. The summed E-state index contributed by atoms with van der Waals surface area (Å²) in [6.45, 7) is 4.49. The Balaban J connectivity index is 2.17. The molecule has 1 aromatic carbocycles. The second kappa shape index (κ2) is 5.19. The standard InChI is InChI=1S/C13H17NO3/c1-10-9-14(6-7-17-10)12-5-3-4-11(8-12)13(15)16-2/h3-5,8,10H,6-7,9H2,1-2H3. The van der Waals surface area contributed by atoms with Crippen LogP contribution in [0, 0.1) is 0 Å². The zero-order valence-electron chi connectivity index (χ0n) is 10.2. The number of morpholine rings is 1. The van der Waals surface area contributed by atoms with Crippen molar-refractivity contribution in [3.8, 4) is 0 Å². The molecular formula is C13H17NO3. The monoisotopic (exact) mass is 235 g/mol. The first-order valence-corrected chi connectivity index (χ1v) is 5.75. The summed E-state index contributed by atoms with van der Waals surface area (Å²) in [7, 11) is 1.39. The molecule has 0 aliphatic carbocycles. The van der Waals surface area contributed by atoms with Gasteiger partial charge in [0.2, 0.25) is 0 Å². The van der Waals surface area contributed by atoms with E-state index in [1.165, 1.54) is 7.11 Å². The number of rotatable bonds is 2. The quantitative estimate of drug-likeness (QED) is 0.731. The first-order valence-electron chi connectivity index (χ1n) is 5.75. The second-order valence-electron chi connectivity index (χ2n) is 4.17. The predicted octanol–water partition coefficient (Wildman–Crippen LogP) is 1.70. The van der Waals surface area contributed by atoms with Crippen LogP contribution in [0.3, 0.4) is 0 Å². The average Bonchev–Trinajstić information content (AvgIpc) is 2.38. The van der Waals surface area contributed by atoms with Crippen molar-refractivity contribution >= 4 is 11.7 Å². The number of carbonyl (C=O) groups excluding carboxylic acids is 1. The van der Waals surface area contributed by atoms with Crippen LogP contribution in [0.2, 0.25) is 0 Å². The fourth-order valence-electron chi connectivity index (χ4n) is 2.00. The molecule has 0 spiro atoms. The maximum Gasteiger partial charge on any atom is 0.337 e. The first-order chi connectivity index (χ1) is 8.20. The summed E-state index contributed by atoms with van der Waals surface area (Å²) < 4.78 is 10.2. The van der Waals surface area contributed by atoms with E-state index in [1.807, 2.05) is 18.2 Å². The molecule has 0 N–H and O–H groups in total. The smallest absolute Gasteiger partial charge is 0.337 e. The van der Waals surface area contributed by atoms with Crippen LogP contribution >= 0.6 is 0 Å². The number of benzene rings is 1. The van der Waals surface area contributed by atoms with Gasteiger partial charge in [-0.15, -0.1) is 0 Å². The van der Waals surface area contributed by atoms with Crippen molar-refractivity contribution in [2.45, 2.75) is 13.0 Å². The molecule has 92 valence electrons. The van der Waals surface area contributed by atoms with Gasteiger partial charge in [-0.2, -0.15) is 0 Å². The maximum absolute atomic E-state index is 11.4. The molecule has 1 aliphatic heterocycles. The van der Waals surface area contributed by atoms with Crippen molar-refractivity contribution in [2.24, 2.45) is 0 Å². The molecule has 1 fully saturated rings. The molecule has 1 saturated heterocycles. The highest BCUT2D eigenvalue weighted by Gasteiger charge is 2.17. The van der Waals surface area contributed by atoms with Gasteiger partial charge in [-0.1, -0.05) is 6.07 Å². The predicted molar refractivity (Wildman–Crippen MR) is 65.4 cm³/mol. The zero-order chi connectivity index (χ0) is 12.3. The lowest BCUT2D eigenvalue weighted by atomic mass is 10.1. The molecule has 0 aromatic heterocycles. The number of hydrogen-bond donors (Lipinski definition) is 0.